The quantitative estimate of drug-likeness (QED) is 0.849. The molecule has 0 saturated carbocycles. The Morgan fingerprint density at radius 2 is 1.96 bits per heavy atom. The van der Waals surface area contributed by atoms with E-state index >= 15 is 0 Å². The molecule has 6 heteroatoms. The van der Waals surface area contributed by atoms with E-state index < -0.39 is 17.7 Å². The van der Waals surface area contributed by atoms with Gasteiger partial charge in [-0.1, -0.05) is 32.0 Å². The molecular formula is C21H22N2O4. The van der Waals surface area contributed by atoms with E-state index in [1.165, 1.54) is 4.90 Å². The summed E-state index contributed by atoms with van der Waals surface area (Å²) >= 11 is 0. The number of carbonyl (C=O) groups excluding carboxylic acids is 2. The fourth-order valence-electron chi connectivity index (χ4n) is 3.20. The summed E-state index contributed by atoms with van der Waals surface area (Å²) in [5, 5.41) is 10.5. The van der Waals surface area contributed by atoms with E-state index in [-0.39, 0.29) is 23.8 Å². The molecular weight excluding hydrogens is 344 g/mol. The van der Waals surface area contributed by atoms with Gasteiger partial charge in [-0.3, -0.25) is 14.6 Å². The fraction of sp³-hybridized carbons (Fsp3) is 0.286. The molecule has 1 aliphatic rings. The first-order valence-corrected chi connectivity index (χ1v) is 8.75. The number of ether oxygens (including phenoxy) is 1. The Kier molecular flexibility index (Phi) is 5.26. The normalized spacial score (nSPS) is 17.0. The molecule has 3 rings (SSSR count). The molecule has 6 nitrogen and oxygen atoms in total. The van der Waals surface area contributed by atoms with Crippen molar-refractivity contribution in [3.63, 3.8) is 0 Å². The highest BCUT2D eigenvalue weighted by molar-refractivity contribution is 6.09. The van der Waals surface area contributed by atoms with Gasteiger partial charge in [-0.05, 0) is 29.3 Å². The third-order valence-electron chi connectivity index (χ3n) is 4.60. The Hall–Kier alpha value is -3.15. The van der Waals surface area contributed by atoms with Crippen LogP contribution in [-0.4, -0.2) is 33.8 Å². The number of pyridine rings is 1. The minimum atomic E-state index is -0.654. The summed E-state index contributed by atoms with van der Waals surface area (Å²) in [5.74, 6) is -0.932. The van der Waals surface area contributed by atoms with Crippen LogP contribution in [-0.2, 0) is 16.1 Å². The number of hydrogen-bond acceptors (Lipinski definition) is 5. The van der Waals surface area contributed by atoms with Crippen LogP contribution in [0.3, 0.4) is 0 Å². The lowest BCUT2D eigenvalue weighted by Crippen LogP contribution is -2.31. The monoisotopic (exact) mass is 366 g/mol. The maximum atomic E-state index is 12.8. The minimum absolute atomic E-state index is 0.143. The van der Waals surface area contributed by atoms with Crippen LogP contribution < -0.4 is 4.74 Å². The molecule has 0 saturated heterocycles. The van der Waals surface area contributed by atoms with Gasteiger partial charge in [-0.15, -0.1) is 0 Å². The molecule has 1 atom stereocenters. The highest BCUT2D eigenvalue weighted by atomic mass is 16.5. The zero-order chi connectivity index (χ0) is 19.6. The Labute approximate surface area is 158 Å². The predicted octanol–water partition coefficient (Wildman–Crippen LogP) is 3.21. The van der Waals surface area contributed by atoms with Crippen LogP contribution in [0.1, 0.15) is 31.0 Å². The number of amides is 1. The summed E-state index contributed by atoms with van der Waals surface area (Å²) in [4.78, 5) is 31.1. The summed E-state index contributed by atoms with van der Waals surface area (Å²) < 4.78 is 5.19. The van der Waals surface area contributed by atoms with Gasteiger partial charge in [0.05, 0.1) is 18.7 Å². The number of methoxy groups -OCH3 is 1. The van der Waals surface area contributed by atoms with E-state index in [1.807, 2.05) is 6.07 Å². The van der Waals surface area contributed by atoms with E-state index in [0.29, 0.717) is 5.75 Å². The lowest BCUT2D eigenvalue weighted by atomic mass is 9.91. The minimum Gasteiger partial charge on any atom is -0.503 e. The summed E-state index contributed by atoms with van der Waals surface area (Å²) in [6.45, 7) is 3.74. The number of benzene rings is 1. The summed E-state index contributed by atoms with van der Waals surface area (Å²) in [5.41, 5.74) is 1.69. The van der Waals surface area contributed by atoms with Crippen LogP contribution in [0.15, 0.2) is 60.1 Å². The summed E-state index contributed by atoms with van der Waals surface area (Å²) in [6.07, 6.45) is 3.32. The number of hydrogen-bond donors (Lipinski definition) is 1. The van der Waals surface area contributed by atoms with Crippen molar-refractivity contribution in [2.24, 2.45) is 5.92 Å². The molecule has 0 aliphatic carbocycles. The number of nitrogens with zero attached hydrogens (tertiary/aromatic N) is 2. The first-order valence-electron chi connectivity index (χ1n) is 8.75. The summed E-state index contributed by atoms with van der Waals surface area (Å²) in [6, 6.07) is 10.1. The number of rotatable bonds is 6. The molecule has 1 aromatic carbocycles. The van der Waals surface area contributed by atoms with E-state index in [0.717, 1.165) is 11.1 Å². The van der Waals surface area contributed by atoms with Gasteiger partial charge < -0.3 is 14.7 Å². The average molecular weight is 366 g/mol. The van der Waals surface area contributed by atoms with E-state index in [9.17, 15) is 14.7 Å². The van der Waals surface area contributed by atoms with Crippen molar-refractivity contribution in [1.82, 2.24) is 9.88 Å². The third-order valence-corrected chi connectivity index (χ3v) is 4.60. The Morgan fingerprint density at radius 1 is 1.26 bits per heavy atom. The second-order valence-electron chi connectivity index (χ2n) is 6.75. The van der Waals surface area contributed by atoms with Crippen molar-refractivity contribution >= 4 is 11.7 Å². The zero-order valence-corrected chi connectivity index (χ0v) is 15.5. The molecule has 0 fully saturated rings. The highest BCUT2D eigenvalue weighted by Crippen LogP contribution is 2.40. The topological polar surface area (TPSA) is 79.7 Å². The smallest absolute Gasteiger partial charge is 0.290 e. The maximum absolute atomic E-state index is 12.8. The van der Waals surface area contributed by atoms with Crippen molar-refractivity contribution in [2.45, 2.75) is 26.4 Å². The molecule has 0 bridgehead atoms. The molecule has 1 amide bonds. The SMILES string of the molecule is COc1ccc(C2C(C(=O)C(C)C)=C(O)C(=O)N2Cc2cccnc2)cc1. The van der Waals surface area contributed by atoms with Gasteiger partial charge in [-0.2, -0.15) is 0 Å². The van der Waals surface area contributed by atoms with Crippen LogP contribution in [0, 0.1) is 5.92 Å². The molecule has 1 unspecified atom stereocenters. The molecule has 1 aliphatic heterocycles. The molecule has 140 valence electrons. The number of aliphatic hydroxyl groups excluding tert-OH is 1. The predicted molar refractivity (Wildman–Crippen MR) is 100 cm³/mol. The van der Waals surface area contributed by atoms with Crippen molar-refractivity contribution in [3.8, 4) is 5.75 Å². The second kappa shape index (κ2) is 7.61. The number of aliphatic hydroxyl groups is 1. The highest BCUT2D eigenvalue weighted by Gasteiger charge is 2.43. The third kappa shape index (κ3) is 3.56. The zero-order valence-electron chi connectivity index (χ0n) is 15.5. The van der Waals surface area contributed by atoms with Gasteiger partial charge in [0.1, 0.15) is 5.75 Å². The first-order chi connectivity index (χ1) is 12.9. The standard InChI is InChI=1S/C21H22N2O4/c1-13(2)19(24)17-18(15-6-8-16(27-3)9-7-15)23(21(26)20(17)25)12-14-5-4-10-22-11-14/h4-11,13,18,25H,12H2,1-3H3. The van der Waals surface area contributed by atoms with Crippen LogP contribution in [0.5, 0.6) is 5.75 Å². The Balaban J connectivity index is 2.06. The van der Waals surface area contributed by atoms with E-state index in [1.54, 1.807) is 63.7 Å². The lowest BCUT2D eigenvalue weighted by molar-refractivity contribution is -0.130. The fourth-order valence-corrected chi connectivity index (χ4v) is 3.20. The van der Waals surface area contributed by atoms with Crippen LogP contribution >= 0.6 is 0 Å². The average Bonchev–Trinajstić information content (AvgIpc) is 2.93. The molecule has 1 aromatic heterocycles. The number of Topliss-reactive ketones (excluding diaryl/α,β-unsaturated/α-hetero) is 1. The van der Waals surface area contributed by atoms with Gasteiger partial charge >= 0.3 is 0 Å². The van der Waals surface area contributed by atoms with Crippen molar-refractivity contribution in [3.05, 3.63) is 71.3 Å². The molecule has 2 aromatic rings. The molecule has 27 heavy (non-hydrogen) atoms. The first kappa shape index (κ1) is 18.6. The summed E-state index contributed by atoms with van der Waals surface area (Å²) in [7, 11) is 1.57. The molecule has 0 radical (unpaired) electrons. The second-order valence-corrected chi connectivity index (χ2v) is 6.75. The Bertz CT molecular complexity index is 873. The van der Waals surface area contributed by atoms with Gasteiger partial charge in [0.25, 0.3) is 5.91 Å². The molecule has 0 spiro atoms. The van der Waals surface area contributed by atoms with Gasteiger partial charge in [-0.25, -0.2) is 0 Å². The lowest BCUT2D eigenvalue weighted by Gasteiger charge is -2.27. The maximum Gasteiger partial charge on any atom is 0.290 e. The van der Waals surface area contributed by atoms with Crippen molar-refractivity contribution in [2.75, 3.05) is 7.11 Å². The van der Waals surface area contributed by atoms with Crippen molar-refractivity contribution < 1.29 is 19.4 Å². The van der Waals surface area contributed by atoms with Crippen LogP contribution in [0.25, 0.3) is 0 Å². The van der Waals surface area contributed by atoms with Gasteiger partial charge in [0, 0.05) is 24.9 Å². The largest absolute Gasteiger partial charge is 0.503 e. The number of ketones is 1. The van der Waals surface area contributed by atoms with Gasteiger partial charge in [0.15, 0.2) is 11.5 Å². The molecule has 1 N–H and O–H groups in total. The van der Waals surface area contributed by atoms with Crippen LogP contribution in [0.2, 0.25) is 0 Å². The van der Waals surface area contributed by atoms with E-state index in [2.05, 4.69) is 4.98 Å². The van der Waals surface area contributed by atoms with Crippen LogP contribution in [0.4, 0.5) is 0 Å². The molecule has 2 heterocycles. The van der Waals surface area contributed by atoms with E-state index in [4.69, 9.17) is 4.74 Å². The van der Waals surface area contributed by atoms with Gasteiger partial charge in [0.2, 0.25) is 0 Å². The Morgan fingerprint density at radius 3 is 2.52 bits per heavy atom. The number of aromatic nitrogens is 1. The van der Waals surface area contributed by atoms with Crippen molar-refractivity contribution in [1.29, 1.82) is 0 Å². The number of carbonyl (C=O) groups is 2.